The van der Waals surface area contributed by atoms with Crippen molar-refractivity contribution in [3.05, 3.63) is 35.9 Å². The number of amides is 2. The van der Waals surface area contributed by atoms with Gasteiger partial charge in [0.25, 0.3) is 0 Å². The number of carboxylic acids is 1. The average Bonchev–Trinajstić information content (AvgIpc) is 2.53. The van der Waals surface area contributed by atoms with E-state index < -0.39 is 35.4 Å². The standard InChI is InChI=1S/C15H16N2O5S/c18-9-7-23-14-11(13(20)17(14)12(9)15(21)22)16-10(19)6-8-4-2-1-3-5-8/h1-5,9,11-12,14,18H,6-7H2,(H,16,19)(H,21,22)/t9?,11?,12?,14-/m0/s1. The average molecular weight is 336 g/mol. The van der Waals surface area contributed by atoms with Crippen LogP contribution in [0.3, 0.4) is 0 Å². The molecule has 3 rings (SSSR count). The molecule has 0 saturated carbocycles. The molecule has 3 N–H and O–H groups in total. The Bertz CT molecular complexity index is 638. The molecule has 0 bridgehead atoms. The summed E-state index contributed by atoms with van der Waals surface area (Å²) in [5.41, 5.74) is 0.837. The van der Waals surface area contributed by atoms with Gasteiger partial charge in [0.15, 0.2) is 6.04 Å². The van der Waals surface area contributed by atoms with Gasteiger partial charge < -0.3 is 20.4 Å². The van der Waals surface area contributed by atoms with E-state index in [-0.39, 0.29) is 18.1 Å². The fourth-order valence-corrected chi connectivity index (χ4v) is 4.20. The maximum absolute atomic E-state index is 12.2. The number of rotatable bonds is 4. The fourth-order valence-electron chi connectivity index (χ4n) is 2.85. The van der Waals surface area contributed by atoms with E-state index in [1.165, 1.54) is 11.8 Å². The molecule has 7 nitrogen and oxygen atoms in total. The molecule has 122 valence electrons. The monoisotopic (exact) mass is 336 g/mol. The summed E-state index contributed by atoms with van der Waals surface area (Å²) >= 11 is 1.28. The van der Waals surface area contributed by atoms with Gasteiger partial charge in [0.1, 0.15) is 11.4 Å². The Kier molecular flexibility index (Phi) is 4.27. The van der Waals surface area contributed by atoms with Crippen molar-refractivity contribution in [1.29, 1.82) is 0 Å². The second kappa shape index (κ2) is 6.21. The molecule has 2 saturated heterocycles. The minimum atomic E-state index is -1.24. The first-order valence-electron chi connectivity index (χ1n) is 7.17. The smallest absolute Gasteiger partial charge is 0.329 e. The predicted octanol–water partition coefficient (Wildman–Crippen LogP) is -0.557. The molecular formula is C15H16N2O5S. The largest absolute Gasteiger partial charge is 0.480 e. The zero-order chi connectivity index (χ0) is 16.6. The number of carbonyl (C=O) groups is 3. The number of nitrogens with zero attached hydrogens (tertiary/aromatic N) is 1. The zero-order valence-electron chi connectivity index (χ0n) is 12.1. The first-order valence-corrected chi connectivity index (χ1v) is 8.22. The van der Waals surface area contributed by atoms with E-state index in [1.54, 1.807) is 0 Å². The molecule has 2 aliphatic heterocycles. The van der Waals surface area contributed by atoms with Crippen LogP contribution < -0.4 is 5.32 Å². The van der Waals surface area contributed by atoms with Gasteiger partial charge in [-0.15, -0.1) is 11.8 Å². The lowest BCUT2D eigenvalue weighted by molar-refractivity contribution is -0.167. The number of hydrogen-bond acceptors (Lipinski definition) is 5. The Morgan fingerprint density at radius 1 is 1.30 bits per heavy atom. The number of aliphatic hydroxyl groups excluding tert-OH is 1. The molecule has 1 aromatic rings. The van der Waals surface area contributed by atoms with Crippen molar-refractivity contribution in [2.45, 2.75) is 30.0 Å². The van der Waals surface area contributed by atoms with E-state index in [0.29, 0.717) is 0 Å². The van der Waals surface area contributed by atoms with Gasteiger partial charge in [0.2, 0.25) is 11.8 Å². The highest BCUT2D eigenvalue weighted by molar-refractivity contribution is 8.00. The molecule has 0 aromatic heterocycles. The van der Waals surface area contributed by atoms with E-state index in [1.807, 2.05) is 30.3 Å². The number of thioether (sulfide) groups is 1. The lowest BCUT2D eigenvalue weighted by Gasteiger charge is -2.53. The Labute approximate surface area is 136 Å². The van der Waals surface area contributed by atoms with Crippen LogP contribution in [0.1, 0.15) is 5.56 Å². The van der Waals surface area contributed by atoms with E-state index in [9.17, 15) is 19.5 Å². The van der Waals surface area contributed by atoms with Crippen LogP contribution in [0.4, 0.5) is 0 Å². The Balaban J connectivity index is 1.63. The number of hydrogen-bond donors (Lipinski definition) is 3. The molecule has 2 aliphatic rings. The van der Waals surface area contributed by atoms with Crippen LogP contribution in [0.5, 0.6) is 0 Å². The minimum Gasteiger partial charge on any atom is -0.480 e. The van der Waals surface area contributed by atoms with E-state index in [0.717, 1.165) is 10.5 Å². The van der Waals surface area contributed by atoms with Crippen LogP contribution in [-0.2, 0) is 20.8 Å². The van der Waals surface area contributed by atoms with Gasteiger partial charge in [-0.2, -0.15) is 0 Å². The fraction of sp³-hybridized carbons (Fsp3) is 0.400. The minimum absolute atomic E-state index is 0.160. The summed E-state index contributed by atoms with van der Waals surface area (Å²) in [6.07, 6.45) is -0.939. The third kappa shape index (κ3) is 2.91. The number of aliphatic carboxylic acids is 1. The number of carboxylic acid groups (broad SMARTS) is 1. The summed E-state index contributed by atoms with van der Waals surface area (Å²) in [4.78, 5) is 36.6. The number of carbonyl (C=O) groups excluding carboxylic acids is 2. The van der Waals surface area contributed by atoms with Gasteiger partial charge >= 0.3 is 5.97 Å². The van der Waals surface area contributed by atoms with Crippen LogP contribution in [0.15, 0.2) is 30.3 Å². The topological polar surface area (TPSA) is 107 Å². The van der Waals surface area contributed by atoms with Crippen molar-refractivity contribution < 1.29 is 24.6 Å². The van der Waals surface area contributed by atoms with Crippen molar-refractivity contribution in [3.8, 4) is 0 Å². The molecule has 1 aromatic carbocycles. The molecule has 0 radical (unpaired) electrons. The van der Waals surface area contributed by atoms with Crippen LogP contribution >= 0.6 is 11.8 Å². The number of fused-ring (bicyclic) bond motifs is 1. The third-order valence-corrected chi connectivity index (χ3v) is 5.33. The van der Waals surface area contributed by atoms with Crippen molar-refractivity contribution in [2.75, 3.05) is 5.75 Å². The SMILES string of the molecule is O=C(Cc1ccccc1)NC1C(=O)N2C(C(=O)O)C(O)CS[C@@H]12. The lowest BCUT2D eigenvalue weighted by Crippen LogP contribution is -2.76. The van der Waals surface area contributed by atoms with Gasteiger partial charge in [-0.3, -0.25) is 9.59 Å². The highest BCUT2D eigenvalue weighted by Gasteiger charge is 2.57. The summed E-state index contributed by atoms with van der Waals surface area (Å²) in [7, 11) is 0. The molecular weight excluding hydrogens is 320 g/mol. The summed E-state index contributed by atoms with van der Waals surface area (Å²) in [5.74, 6) is -1.76. The molecule has 3 unspecified atom stereocenters. The normalized spacial score (nSPS) is 29.4. The van der Waals surface area contributed by atoms with Gasteiger partial charge in [0.05, 0.1) is 12.5 Å². The van der Waals surface area contributed by atoms with E-state index in [4.69, 9.17) is 5.11 Å². The molecule has 2 amide bonds. The maximum atomic E-state index is 12.2. The summed E-state index contributed by atoms with van der Waals surface area (Å²) in [6.45, 7) is 0. The van der Waals surface area contributed by atoms with Crippen molar-refractivity contribution in [1.82, 2.24) is 10.2 Å². The molecule has 0 spiro atoms. The van der Waals surface area contributed by atoms with Gasteiger partial charge in [-0.05, 0) is 5.56 Å². The van der Waals surface area contributed by atoms with Crippen molar-refractivity contribution in [3.63, 3.8) is 0 Å². The number of nitrogens with one attached hydrogen (secondary N) is 1. The van der Waals surface area contributed by atoms with Crippen molar-refractivity contribution >= 4 is 29.5 Å². The third-order valence-electron chi connectivity index (χ3n) is 3.96. The van der Waals surface area contributed by atoms with Crippen LogP contribution in [0.25, 0.3) is 0 Å². The van der Waals surface area contributed by atoms with Gasteiger partial charge in [0, 0.05) is 5.75 Å². The quantitative estimate of drug-likeness (QED) is 0.637. The molecule has 23 heavy (non-hydrogen) atoms. The second-order valence-corrected chi connectivity index (χ2v) is 6.68. The van der Waals surface area contributed by atoms with E-state index >= 15 is 0 Å². The number of benzene rings is 1. The Hall–Kier alpha value is -2.06. The first kappa shape index (κ1) is 15.8. The van der Waals surface area contributed by atoms with Gasteiger partial charge in [-0.25, -0.2) is 4.79 Å². The summed E-state index contributed by atoms with van der Waals surface area (Å²) in [5, 5.41) is 21.1. The number of β-lactam (4-membered cyclic amide) rings is 1. The second-order valence-electron chi connectivity index (χ2n) is 5.53. The molecule has 2 heterocycles. The zero-order valence-corrected chi connectivity index (χ0v) is 12.9. The Morgan fingerprint density at radius 2 is 2.00 bits per heavy atom. The maximum Gasteiger partial charge on any atom is 0.329 e. The molecule has 2 fully saturated rings. The highest BCUT2D eigenvalue weighted by atomic mass is 32.2. The van der Waals surface area contributed by atoms with Crippen LogP contribution in [-0.4, -0.2) is 62.2 Å². The van der Waals surface area contributed by atoms with Crippen molar-refractivity contribution in [2.24, 2.45) is 0 Å². The molecule has 0 aliphatic carbocycles. The molecule has 4 atom stereocenters. The number of aliphatic hydroxyl groups is 1. The summed E-state index contributed by atoms with van der Waals surface area (Å²) < 4.78 is 0. The van der Waals surface area contributed by atoms with E-state index in [2.05, 4.69) is 5.32 Å². The van der Waals surface area contributed by atoms with Crippen LogP contribution in [0.2, 0.25) is 0 Å². The first-order chi connectivity index (χ1) is 11.0. The molecule has 8 heteroatoms. The summed E-state index contributed by atoms with van der Waals surface area (Å²) in [6, 6.07) is 7.18. The Morgan fingerprint density at radius 3 is 2.65 bits per heavy atom. The highest BCUT2D eigenvalue weighted by Crippen LogP contribution is 2.38. The lowest BCUT2D eigenvalue weighted by atomic mass is 9.99. The van der Waals surface area contributed by atoms with Gasteiger partial charge in [-0.1, -0.05) is 30.3 Å². The van der Waals surface area contributed by atoms with Crippen LogP contribution in [0, 0.1) is 0 Å². The predicted molar refractivity (Wildman–Crippen MR) is 82.6 cm³/mol.